The zero-order valence-electron chi connectivity index (χ0n) is 5.46. The van der Waals surface area contributed by atoms with Crippen LogP contribution in [0.15, 0.2) is 22.8 Å². The van der Waals surface area contributed by atoms with Gasteiger partial charge in [-0.05, 0) is 12.1 Å². The lowest BCUT2D eigenvalue weighted by Crippen LogP contribution is -1.98. The molecule has 3 heteroatoms. The van der Waals surface area contributed by atoms with Crippen molar-refractivity contribution in [3.05, 3.63) is 24.2 Å². The van der Waals surface area contributed by atoms with Gasteiger partial charge in [-0.1, -0.05) is 0 Å². The summed E-state index contributed by atoms with van der Waals surface area (Å²) in [6.45, 7) is 0. The Hall–Kier alpha value is -1.25. The highest BCUT2D eigenvalue weighted by Crippen LogP contribution is 2.02. The minimum Gasteiger partial charge on any atom is -0.469 e. The van der Waals surface area contributed by atoms with Crippen molar-refractivity contribution in [1.29, 1.82) is 0 Å². The summed E-state index contributed by atoms with van der Waals surface area (Å²) in [6.07, 6.45) is 2.34. The molecule has 1 aromatic rings. The first-order valence-corrected chi connectivity index (χ1v) is 3.06. The quantitative estimate of drug-likeness (QED) is 0.626. The number of nitrogens with one attached hydrogen (secondary N) is 1. The third kappa shape index (κ3) is 1.93. The van der Waals surface area contributed by atoms with Crippen molar-refractivity contribution in [2.24, 2.45) is 0 Å². The molecular weight excluding hydrogens is 130 g/mol. The molecule has 0 aromatic carbocycles. The number of carbonyl (C=O) groups excluding carboxylic acids is 1. The molecule has 0 saturated heterocycles. The highest BCUT2D eigenvalue weighted by molar-refractivity contribution is 5.73. The molecule has 0 bridgehead atoms. The molecule has 0 unspecified atom stereocenters. The molecule has 1 amide bonds. The highest BCUT2D eigenvalue weighted by Gasteiger charge is 1.98. The van der Waals surface area contributed by atoms with Crippen molar-refractivity contribution in [2.75, 3.05) is 0 Å². The molecule has 1 radical (unpaired) electrons. The average molecular weight is 138 g/mol. The van der Waals surface area contributed by atoms with Crippen molar-refractivity contribution < 1.29 is 9.21 Å². The van der Waals surface area contributed by atoms with E-state index in [0.717, 1.165) is 5.76 Å². The Morgan fingerprint density at radius 2 is 2.50 bits per heavy atom. The molecule has 0 aliphatic rings. The second-order valence-corrected chi connectivity index (χ2v) is 2.00. The molecule has 0 aliphatic carbocycles. The zero-order valence-corrected chi connectivity index (χ0v) is 5.46. The Labute approximate surface area is 58.8 Å². The van der Waals surface area contributed by atoms with E-state index in [-0.39, 0.29) is 6.42 Å². The molecule has 10 heavy (non-hydrogen) atoms. The number of rotatable bonds is 3. The third-order valence-electron chi connectivity index (χ3n) is 1.18. The van der Waals surface area contributed by atoms with E-state index in [1.54, 1.807) is 18.4 Å². The molecule has 3 nitrogen and oxygen atoms in total. The molecule has 1 heterocycles. The first-order chi connectivity index (χ1) is 4.79. The van der Waals surface area contributed by atoms with Gasteiger partial charge in [-0.15, -0.1) is 0 Å². The van der Waals surface area contributed by atoms with Gasteiger partial charge in [0.2, 0.25) is 5.91 Å². The van der Waals surface area contributed by atoms with Crippen LogP contribution in [0.3, 0.4) is 0 Å². The molecule has 0 atom stereocenters. The van der Waals surface area contributed by atoms with Gasteiger partial charge >= 0.3 is 0 Å². The first-order valence-electron chi connectivity index (χ1n) is 3.06. The minimum absolute atomic E-state index is 0.244. The fourth-order valence-corrected chi connectivity index (χ4v) is 0.692. The van der Waals surface area contributed by atoms with Crippen LogP contribution in [0.5, 0.6) is 0 Å². The van der Waals surface area contributed by atoms with Crippen molar-refractivity contribution >= 4 is 5.91 Å². The van der Waals surface area contributed by atoms with E-state index in [1.807, 2.05) is 0 Å². The second kappa shape index (κ2) is 3.06. The molecule has 1 rings (SSSR count). The van der Waals surface area contributed by atoms with Crippen molar-refractivity contribution in [3.8, 4) is 0 Å². The van der Waals surface area contributed by atoms with Crippen LogP contribution in [0.2, 0.25) is 0 Å². The normalized spacial score (nSPS) is 9.60. The first kappa shape index (κ1) is 6.86. The Bertz CT molecular complexity index is 203. The number of amides is 1. The van der Waals surface area contributed by atoms with Crippen LogP contribution >= 0.6 is 0 Å². The van der Waals surface area contributed by atoms with E-state index in [9.17, 15) is 4.79 Å². The van der Waals surface area contributed by atoms with E-state index in [2.05, 4.69) is 0 Å². The fourth-order valence-electron chi connectivity index (χ4n) is 0.692. The smallest absolute Gasteiger partial charge is 0.238 e. The summed E-state index contributed by atoms with van der Waals surface area (Å²) >= 11 is 0. The standard InChI is InChI=1S/C7H8NO2/c8-7(9)4-3-6-2-1-5-10-6/h1-2,5,8H,3-4H2. The Morgan fingerprint density at radius 1 is 1.70 bits per heavy atom. The van der Waals surface area contributed by atoms with Gasteiger partial charge in [0.15, 0.2) is 0 Å². The molecule has 0 spiro atoms. The van der Waals surface area contributed by atoms with Gasteiger partial charge in [0.1, 0.15) is 5.76 Å². The summed E-state index contributed by atoms with van der Waals surface area (Å²) in [4.78, 5) is 10.2. The second-order valence-electron chi connectivity index (χ2n) is 2.00. The predicted molar refractivity (Wildman–Crippen MR) is 35.1 cm³/mol. The van der Waals surface area contributed by atoms with E-state index < -0.39 is 5.91 Å². The van der Waals surface area contributed by atoms with E-state index in [1.165, 1.54) is 0 Å². The lowest BCUT2D eigenvalue weighted by molar-refractivity contribution is -0.118. The maximum absolute atomic E-state index is 10.2. The summed E-state index contributed by atoms with van der Waals surface area (Å²) in [5.41, 5.74) is 6.60. The predicted octanol–water partition coefficient (Wildman–Crippen LogP) is 1.02. The molecule has 1 aromatic heterocycles. The number of furan rings is 1. The van der Waals surface area contributed by atoms with Crippen molar-refractivity contribution in [1.82, 2.24) is 5.73 Å². The van der Waals surface area contributed by atoms with Gasteiger partial charge < -0.3 is 4.42 Å². The molecule has 1 N–H and O–H groups in total. The maximum atomic E-state index is 10.2. The monoisotopic (exact) mass is 138 g/mol. The molecule has 0 aliphatic heterocycles. The van der Waals surface area contributed by atoms with Crippen molar-refractivity contribution in [2.45, 2.75) is 12.8 Å². The fraction of sp³-hybridized carbons (Fsp3) is 0.286. The van der Waals surface area contributed by atoms with Crippen LogP contribution in [0.4, 0.5) is 0 Å². The van der Waals surface area contributed by atoms with Gasteiger partial charge in [-0.2, -0.15) is 0 Å². The molecule has 0 saturated carbocycles. The van der Waals surface area contributed by atoms with E-state index in [4.69, 9.17) is 10.2 Å². The Balaban J connectivity index is 2.35. The van der Waals surface area contributed by atoms with E-state index in [0.29, 0.717) is 6.42 Å². The van der Waals surface area contributed by atoms with Gasteiger partial charge in [0.25, 0.3) is 0 Å². The SMILES string of the molecule is [NH]C(=O)CCc1ccco1. The summed E-state index contributed by atoms with van der Waals surface area (Å²) in [5.74, 6) is 0.219. The third-order valence-corrected chi connectivity index (χ3v) is 1.18. The largest absolute Gasteiger partial charge is 0.469 e. The van der Waals surface area contributed by atoms with Crippen LogP contribution in [-0.2, 0) is 11.2 Å². The lowest BCUT2D eigenvalue weighted by Gasteiger charge is -1.89. The number of hydrogen-bond donors (Lipinski definition) is 0. The van der Waals surface area contributed by atoms with Crippen LogP contribution in [0, 0.1) is 0 Å². The lowest BCUT2D eigenvalue weighted by atomic mass is 10.2. The van der Waals surface area contributed by atoms with Crippen LogP contribution in [0.1, 0.15) is 12.2 Å². The highest BCUT2D eigenvalue weighted by atomic mass is 16.3. The summed E-state index contributed by atoms with van der Waals surface area (Å²) in [6, 6.07) is 3.56. The Kier molecular flexibility index (Phi) is 2.10. The van der Waals surface area contributed by atoms with Gasteiger partial charge in [0, 0.05) is 12.8 Å². The Morgan fingerprint density at radius 3 is 3.00 bits per heavy atom. The molecule has 0 fully saturated rings. The number of hydrogen-bond acceptors (Lipinski definition) is 2. The van der Waals surface area contributed by atoms with Crippen LogP contribution in [-0.4, -0.2) is 5.91 Å². The number of aryl methyl sites for hydroxylation is 1. The summed E-state index contributed by atoms with van der Waals surface area (Å²) in [7, 11) is 0. The number of carbonyl (C=O) groups is 1. The summed E-state index contributed by atoms with van der Waals surface area (Å²) in [5, 5.41) is 0. The van der Waals surface area contributed by atoms with Gasteiger partial charge in [-0.3, -0.25) is 10.5 Å². The molecular formula is C7H8NO2. The average Bonchev–Trinajstić information content (AvgIpc) is 2.34. The summed E-state index contributed by atoms with van der Waals surface area (Å²) < 4.78 is 4.95. The maximum Gasteiger partial charge on any atom is 0.238 e. The molecule has 53 valence electrons. The van der Waals surface area contributed by atoms with Crippen LogP contribution in [0.25, 0.3) is 0 Å². The topological polar surface area (TPSA) is 54.0 Å². The minimum atomic E-state index is -0.545. The van der Waals surface area contributed by atoms with Gasteiger partial charge in [-0.25, -0.2) is 0 Å². The van der Waals surface area contributed by atoms with Gasteiger partial charge in [0.05, 0.1) is 6.26 Å². The van der Waals surface area contributed by atoms with Crippen LogP contribution < -0.4 is 5.73 Å². The van der Waals surface area contributed by atoms with Crippen molar-refractivity contribution in [3.63, 3.8) is 0 Å². The van der Waals surface area contributed by atoms with E-state index >= 15 is 0 Å². The zero-order chi connectivity index (χ0) is 7.40.